The van der Waals surface area contributed by atoms with E-state index in [4.69, 9.17) is 11.6 Å². The summed E-state index contributed by atoms with van der Waals surface area (Å²) in [6.45, 7) is 7.15. The van der Waals surface area contributed by atoms with Gasteiger partial charge in [0.1, 0.15) is 0 Å². The van der Waals surface area contributed by atoms with E-state index in [-0.39, 0.29) is 0 Å². The molecule has 2 nitrogen and oxygen atoms in total. The van der Waals surface area contributed by atoms with Crippen molar-refractivity contribution in [1.82, 2.24) is 0 Å². The van der Waals surface area contributed by atoms with Crippen molar-refractivity contribution in [3.8, 4) is 0 Å². The maximum atomic E-state index is 6.15. The van der Waals surface area contributed by atoms with Gasteiger partial charge in [-0.25, -0.2) is 0 Å². The maximum Gasteiger partial charge on any atom is 0.0455 e. The van der Waals surface area contributed by atoms with E-state index in [1.54, 1.807) is 0 Å². The van der Waals surface area contributed by atoms with Crippen LogP contribution in [0.3, 0.4) is 0 Å². The normalized spacial score (nSPS) is 10.3. The standard InChI is InChI=1S/C17H21ClN2/c1-3-20(4-2)16-11-9-15(10-12-16)19-13-14-7-5-6-8-17(14)18/h5-12,19H,3-4,13H2,1-2H3. The fourth-order valence-corrected chi connectivity index (χ4v) is 2.42. The second-order valence-electron chi connectivity index (χ2n) is 4.66. The summed E-state index contributed by atoms with van der Waals surface area (Å²) in [6, 6.07) is 16.5. The minimum absolute atomic E-state index is 0.740. The van der Waals surface area contributed by atoms with Crippen LogP contribution in [0.4, 0.5) is 11.4 Å². The molecule has 0 bridgehead atoms. The van der Waals surface area contributed by atoms with Crippen LogP contribution in [0.15, 0.2) is 48.5 Å². The number of halogens is 1. The molecule has 2 rings (SSSR count). The topological polar surface area (TPSA) is 15.3 Å². The van der Waals surface area contributed by atoms with Crippen molar-refractivity contribution in [3.05, 3.63) is 59.1 Å². The van der Waals surface area contributed by atoms with Gasteiger partial charge in [-0.1, -0.05) is 29.8 Å². The first-order chi connectivity index (χ1) is 9.74. The molecule has 0 aromatic heterocycles. The highest BCUT2D eigenvalue weighted by atomic mass is 35.5. The van der Waals surface area contributed by atoms with E-state index in [1.807, 2.05) is 24.3 Å². The van der Waals surface area contributed by atoms with Crippen LogP contribution in [0.5, 0.6) is 0 Å². The summed E-state index contributed by atoms with van der Waals surface area (Å²) in [7, 11) is 0. The minimum atomic E-state index is 0.740. The number of nitrogens with one attached hydrogen (secondary N) is 1. The number of anilines is 2. The molecule has 1 N–H and O–H groups in total. The Morgan fingerprint density at radius 1 is 0.950 bits per heavy atom. The molecule has 0 amide bonds. The van der Waals surface area contributed by atoms with E-state index < -0.39 is 0 Å². The molecule has 2 aromatic rings. The van der Waals surface area contributed by atoms with E-state index in [2.05, 4.69) is 48.3 Å². The average molecular weight is 289 g/mol. The largest absolute Gasteiger partial charge is 0.381 e. The van der Waals surface area contributed by atoms with E-state index in [0.717, 1.165) is 35.9 Å². The zero-order chi connectivity index (χ0) is 14.4. The molecule has 0 spiro atoms. The Balaban J connectivity index is 1.99. The van der Waals surface area contributed by atoms with Crippen LogP contribution in [-0.4, -0.2) is 13.1 Å². The predicted octanol–water partition coefficient (Wildman–Crippen LogP) is 4.80. The smallest absolute Gasteiger partial charge is 0.0455 e. The van der Waals surface area contributed by atoms with E-state index in [9.17, 15) is 0 Å². The highest BCUT2D eigenvalue weighted by Crippen LogP contribution is 2.20. The van der Waals surface area contributed by atoms with Gasteiger partial charge in [0.2, 0.25) is 0 Å². The summed E-state index contributed by atoms with van der Waals surface area (Å²) >= 11 is 6.15. The highest BCUT2D eigenvalue weighted by molar-refractivity contribution is 6.31. The van der Waals surface area contributed by atoms with Gasteiger partial charge < -0.3 is 10.2 Å². The Morgan fingerprint density at radius 3 is 2.20 bits per heavy atom. The third-order valence-corrected chi connectivity index (χ3v) is 3.81. The molecule has 106 valence electrons. The zero-order valence-corrected chi connectivity index (χ0v) is 12.8. The Hall–Kier alpha value is -1.67. The summed E-state index contributed by atoms with van der Waals surface area (Å²) in [4.78, 5) is 2.33. The molecule has 3 heteroatoms. The summed E-state index contributed by atoms with van der Waals surface area (Å²) < 4.78 is 0. The molecule has 0 fully saturated rings. The summed E-state index contributed by atoms with van der Waals surface area (Å²) in [5, 5.41) is 4.21. The molecule has 0 saturated heterocycles. The van der Waals surface area contributed by atoms with Crippen molar-refractivity contribution in [3.63, 3.8) is 0 Å². The molecule has 0 aliphatic rings. The van der Waals surface area contributed by atoms with Crippen LogP contribution < -0.4 is 10.2 Å². The van der Waals surface area contributed by atoms with Crippen molar-refractivity contribution in [2.45, 2.75) is 20.4 Å². The van der Waals surface area contributed by atoms with E-state index in [0.29, 0.717) is 0 Å². The number of benzene rings is 2. The second-order valence-corrected chi connectivity index (χ2v) is 5.07. The SMILES string of the molecule is CCN(CC)c1ccc(NCc2ccccc2Cl)cc1. The first-order valence-electron chi connectivity index (χ1n) is 7.07. The molecule has 20 heavy (non-hydrogen) atoms. The van der Waals surface area contributed by atoms with Gasteiger partial charge in [-0.15, -0.1) is 0 Å². The van der Waals surface area contributed by atoms with Crippen LogP contribution in [0.25, 0.3) is 0 Å². The van der Waals surface area contributed by atoms with Crippen molar-refractivity contribution in [2.24, 2.45) is 0 Å². The fourth-order valence-electron chi connectivity index (χ4n) is 2.22. The van der Waals surface area contributed by atoms with Crippen molar-refractivity contribution < 1.29 is 0 Å². The lowest BCUT2D eigenvalue weighted by molar-refractivity contribution is 0.866. The molecule has 0 unspecified atom stereocenters. The van der Waals surface area contributed by atoms with Crippen LogP contribution in [-0.2, 0) is 6.54 Å². The third kappa shape index (κ3) is 3.67. The maximum absolute atomic E-state index is 6.15. The summed E-state index contributed by atoms with van der Waals surface area (Å²) in [5.41, 5.74) is 3.49. The molecule has 0 saturated carbocycles. The molecule has 0 atom stereocenters. The summed E-state index contributed by atoms with van der Waals surface area (Å²) in [5.74, 6) is 0. The first-order valence-corrected chi connectivity index (χ1v) is 7.44. The quantitative estimate of drug-likeness (QED) is 0.821. The lowest BCUT2D eigenvalue weighted by Gasteiger charge is -2.21. The Kier molecular flexibility index (Phi) is 5.31. The molecule has 0 aliphatic carbocycles. The fraction of sp³-hybridized carbons (Fsp3) is 0.294. The Bertz CT molecular complexity index is 533. The van der Waals surface area contributed by atoms with Crippen LogP contribution >= 0.6 is 11.6 Å². The Labute approximate surface area is 126 Å². The van der Waals surface area contributed by atoms with Gasteiger partial charge in [0.05, 0.1) is 0 Å². The van der Waals surface area contributed by atoms with Crippen LogP contribution in [0.2, 0.25) is 5.02 Å². The number of nitrogens with zero attached hydrogens (tertiary/aromatic N) is 1. The first kappa shape index (κ1) is 14.7. The van der Waals surface area contributed by atoms with Crippen LogP contribution in [0, 0.1) is 0 Å². The van der Waals surface area contributed by atoms with E-state index >= 15 is 0 Å². The van der Waals surface area contributed by atoms with Crippen molar-refractivity contribution in [1.29, 1.82) is 0 Å². The molecular weight excluding hydrogens is 268 g/mol. The third-order valence-electron chi connectivity index (χ3n) is 3.44. The zero-order valence-electron chi connectivity index (χ0n) is 12.1. The Morgan fingerprint density at radius 2 is 1.60 bits per heavy atom. The van der Waals surface area contributed by atoms with E-state index in [1.165, 1.54) is 5.69 Å². The monoisotopic (exact) mass is 288 g/mol. The van der Waals surface area contributed by atoms with Crippen molar-refractivity contribution in [2.75, 3.05) is 23.3 Å². The average Bonchev–Trinajstić information content (AvgIpc) is 2.49. The van der Waals surface area contributed by atoms with Gasteiger partial charge in [-0.2, -0.15) is 0 Å². The molecule has 2 aromatic carbocycles. The van der Waals surface area contributed by atoms with Crippen molar-refractivity contribution >= 4 is 23.0 Å². The van der Waals surface area contributed by atoms with Gasteiger partial charge in [0.25, 0.3) is 0 Å². The summed E-state index contributed by atoms with van der Waals surface area (Å²) in [6.07, 6.45) is 0. The van der Waals surface area contributed by atoms with Gasteiger partial charge in [-0.05, 0) is 49.7 Å². The van der Waals surface area contributed by atoms with Gasteiger partial charge >= 0.3 is 0 Å². The minimum Gasteiger partial charge on any atom is -0.381 e. The number of rotatable bonds is 6. The lowest BCUT2D eigenvalue weighted by Crippen LogP contribution is -2.21. The number of hydrogen-bond acceptors (Lipinski definition) is 2. The molecule has 0 aliphatic heterocycles. The van der Waals surface area contributed by atoms with Gasteiger partial charge in [0, 0.05) is 36.0 Å². The molecular formula is C17H21ClN2. The molecule has 0 heterocycles. The van der Waals surface area contributed by atoms with Crippen LogP contribution in [0.1, 0.15) is 19.4 Å². The molecule has 0 radical (unpaired) electrons. The lowest BCUT2D eigenvalue weighted by atomic mass is 10.2. The predicted molar refractivity (Wildman–Crippen MR) is 88.8 cm³/mol. The second kappa shape index (κ2) is 7.20. The number of hydrogen-bond donors (Lipinski definition) is 1. The highest BCUT2D eigenvalue weighted by Gasteiger charge is 2.02. The van der Waals surface area contributed by atoms with Gasteiger partial charge in [0.15, 0.2) is 0 Å². The van der Waals surface area contributed by atoms with Gasteiger partial charge in [-0.3, -0.25) is 0 Å².